The van der Waals surface area contributed by atoms with Gasteiger partial charge in [0.05, 0.1) is 6.61 Å². The molecule has 1 radical (unpaired) electrons. The summed E-state index contributed by atoms with van der Waals surface area (Å²) in [6, 6.07) is 0. The van der Waals surface area contributed by atoms with Gasteiger partial charge in [-0.25, -0.2) is 5.11 Å². The summed E-state index contributed by atoms with van der Waals surface area (Å²) in [4.78, 5) is 34.4. The third-order valence-corrected chi connectivity index (χ3v) is 2.63. The number of hydrogen-bond donors (Lipinski definition) is 0. The number of nitrogens with zero attached hydrogens (tertiary/aromatic N) is 1. The van der Waals surface area contributed by atoms with Crippen LogP contribution in [0.1, 0.15) is 12.8 Å². The molecule has 0 aliphatic carbocycles. The summed E-state index contributed by atoms with van der Waals surface area (Å²) in [6.07, 6.45) is 0.261. The van der Waals surface area contributed by atoms with Gasteiger partial charge in [0.2, 0.25) is 5.91 Å². The molecule has 1 aliphatic rings. The van der Waals surface area contributed by atoms with Gasteiger partial charge in [0.15, 0.2) is 0 Å². The monoisotopic (exact) mass is 216 g/mol. The zero-order valence-corrected chi connectivity index (χ0v) is 8.34. The van der Waals surface area contributed by atoms with Crippen LogP contribution in [0.5, 0.6) is 0 Å². The predicted octanol–water partition coefficient (Wildman–Crippen LogP) is -0.174. The molecule has 2 amide bonds. The van der Waals surface area contributed by atoms with E-state index in [-0.39, 0.29) is 26.0 Å². The average molecular weight is 216 g/mol. The average Bonchev–Trinajstić information content (AvgIpc) is 2.18. The lowest BCUT2D eigenvalue weighted by atomic mass is 10.3. The van der Waals surface area contributed by atoms with Gasteiger partial charge >= 0.3 is 5.91 Å². The molecule has 6 heteroatoms. The molecule has 1 aliphatic heterocycles. The van der Waals surface area contributed by atoms with Crippen LogP contribution in [0, 0.1) is 0 Å². The van der Waals surface area contributed by atoms with E-state index in [1.54, 1.807) is 0 Å². The highest BCUT2D eigenvalue weighted by Gasteiger charge is 2.30. The number of amides is 2. The normalized spacial score (nSPS) is 17.4. The Morgan fingerprint density at radius 1 is 1.43 bits per heavy atom. The van der Waals surface area contributed by atoms with Gasteiger partial charge in [-0.1, -0.05) is 11.8 Å². The Kier molecular flexibility index (Phi) is 4.09. The summed E-state index contributed by atoms with van der Waals surface area (Å²) in [5.41, 5.74) is 0. The van der Waals surface area contributed by atoms with E-state index >= 15 is 0 Å². The Morgan fingerprint density at radius 2 is 2.14 bits per heavy atom. The Bertz CT molecular complexity index is 266. The molecule has 0 saturated carbocycles. The summed E-state index contributed by atoms with van der Waals surface area (Å²) in [5, 5.41) is 9.55. The standard InChI is InChI=1S/C8H10NO4S/c10-4-1-2-6(11)9-3-5-14-8(13)7(9)12/h1-5H2. The second-order valence-electron chi connectivity index (χ2n) is 2.79. The Labute approximate surface area is 85.4 Å². The van der Waals surface area contributed by atoms with E-state index in [1.165, 1.54) is 0 Å². The van der Waals surface area contributed by atoms with E-state index < -0.39 is 16.9 Å². The molecule has 0 aromatic rings. The van der Waals surface area contributed by atoms with Gasteiger partial charge in [-0.05, 0) is 6.42 Å². The van der Waals surface area contributed by atoms with E-state index in [1.807, 2.05) is 0 Å². The first-order chi connectivity index (χ1) is 6.66. The van der Waals surface area contributed by atoms with E-state index in [0.717, 1.165) is 16.7 Å². The first-order valence-corrected chi connectivity index (χ1v) is 5.25. The minimum Gasteiger partial charge on any atom is -0.276 e. The van der Waals surface area contributed by atoms with Crippen LogP contribution in [0.2, 0.25) is 0 Å². The lowest BCUT2D eigenvalue weighted by Crippen LogP contribution is -2.45. The van der Waals surface area contributed by atoms with Crippen LogP contribution in [-0.2, 0) is 19.5 Å². The Morgan fingerprint density at radius 3 is 2.79 bits per heavy atom. The van der Waals surface area contributed by atoms with Crippen molar-refractivity contribution in [3.05, 3.63) is 0 Å². The third-order valence-electron chi connectivity index (χ3n) is 1.80. The number of hydrogen-bond acceptors (Lipinski definition) is 4. The first-order valence-electron chi connectivity index (χ1n) is 4.26. The van der Waals surface area contributed by atoms with Crippen molar-refractivity contribution in [2.75, 3.05) is 18.9 Å². The lowest BCUT2D eigenvalue weighted by molar-refractivity contribution is -0.149. The van der Waals surface area contributed by atoms with Gasteiger partial charge in [-0.2, -0.15) is 0 Å². The van der Waals surface area contributed by atoms with E-state index in [4.69, 9.17) is 0 Å². The summed E-state index contributed by atoms with van der Waals surface area (Å²) < 4.78 is 0. The molecule has 0 bridgehead atoms. The Hall–Kier alpha value is -0.880. The molecule has 77 valence electrons. The van der Waals surface area contributed by atoms with Crippen LogP contribution in [-0.4, -0.2) is 40.7 Å². The fraction of sp³-hybridized carbons (Fsp3) is 0.625. The molecule has 5 nitrogen and oxygen atoms in total. The molecular weight excluding hydrogens is 206 g/mol. The molecule has 1 fully saturated rings. The van der Waals surface area contributed by atoms with Crippen molar-refractivity contribution < 1.29 is 19.5 Å². The minimum absolute atomic E-state index is 0.0488. The highest BCUT2D eigenvalue weighted by Crippen LogP contribution is 2.14. The summed E-state index contributed by atoms with van der Waals surface area (Å²) >= 11 is 0.927. The fourth-order valence-corrected chi connectivity index (χ4v) is 1.79. The lowest BCUT2D eigenvalue weighted by Gasteiger charge is -2.22. The zero-order chi connectivity index (χ0) is 10.6. The Balaban J connectivity index is 2.53. The molecule has 14 heavy (non-hydrogen) atoms. The summed E-state index contributed by atoms with van der Waals surface area (Å²) in [5.74, 6) is -0.718. The van der Waals surface area contributed by atoms with Crippen molar-refractivity contribution in [2.45, 2.75) is 12.8 Å². The van der Waals surface area contributed by atoms with Crippen LogP contribution in [0.4, 0.5) is 0 Å². The van der Waals surface area contributed by atoms with Crippen molar-refractivity contribution in [1.82, 2.24) is 4.90 Å². The molecular formula is C8H10NO4S. The molecule has 0 aromatic carbocycles. The smallest absolute Gasteiger partial charge is 0.276 e. The van der Waals surface area contributed by atoms with Crippen molar-refractivity contribution in [2.24, 2.45) is 0 Å². The van der Waals surface area contributed by atoms with Crippen LogP contribution in [0.3, 0.4) is 0 Å². The molecule has 0 N–H and O–H groups in total. The van der Waals surface area contributed by atoms with Crippen LogP contribution >= 0.6 is 11.8 Å². The third kappa shape index (κ3) is 2.55. The summed E-state index contributed by atoms with van der Waals surface area (Å²) in [7, 11) is 0. The van der Waals surface area contributed by atoms with Gasteiger partial charge in [-0.3, -0.25) is 19.3 Å². The number of imide groups is 1. The SMILES string of the molecule is [O]CCCC(=O)N1CCSC(=O)C1=O. The van der Waals surface area contributed by atoms with Crippen molar-refractivity contribution in [3.63, 3.8) is 0 Å². The molecule has 0 aromatic heterocycles. The maximum Gasteiger partial charge on any atom is 0.307 e. The predicted molar refractivity (Wildman–Crippen MR) is 49.0 cm³/mol. The van der Waals surface area contributed by atoms with Crippen LogP contribution in [0.25, 0.3) is 0 Å². The van der Waals surface area contributed by atoms with Gasteiger partial charge in [0.25, 0.3) is 5.12 Å². The number of thioether (sulfide) groups is 1. The van der Waals surface area contributed by atoms with Gasteiger partial charge in [-0.15, -0.1) is 0 Å². The second kappa shape index (κ2) is 5.11. The molecule has 0 spiro atoms. The van der Waals surface area contributed by atoms with E-state index in [0.29, 0.717) is 5.75 Å². The summed E-state index contributed by atoms with van der Waals surface area (Å²) in [6.45, 7) is -0.0661. The van der Waals surface area contributed by atoms with Crippen molar-refractivity contribution >= 4 is 28.7 Å². The van der Waals surface area contributed by atoms with Crippen LogP contribution in [0.15, 0.2) is 0 Å². The maximum atomic E-state index is 11.3. The van der Waals surface area contributed by atoms with Crippen molar-refractivity contribution in [1.29, 1.82) is 0 Å². The molecule has 1 saturated heterocycles. The molecule has 0 unspecified atom stereocenters. The second-order valence-corrected chi connectivity index (χ2v) is 3.86. The zero-order valence-electron chi connectivity index (χ0n) is 7.52. The van der Waals surface area contributed by atoms with E-state index in [2.05, 4.69) is 0 Å². The molecule has 1 heterocycles. The van der Waals surface area contributed by atoms with Gasteiger partial charge in [0, 0.05) is 18.7 Å². The molecule has 0 atom stereocenters. The topological polar surface area (TPSA) is 74.3 Å². The first kappa shape index (κ1) is 11.2. The van der Waals surface area contributed by atoms with Gasteiger partial charge < -0.3 is 0 Å². The van der Waals surface area contributed by atoms with Gasteiger partial charge in [0.1, 0.15) is 0 Å². The van der Waals surface area contributed by atoms with Crippen molar-refractivity contribution in [3.8, 4) is 0 Å². The maximum absolute atomic E-state index is 11.3. The number of carbonyl (C=O) groups is 3. The quantitative estimate of drug-likeness (QED) is 0.614. The molecule has 1 rings (SSSR count). The number of rotatable bonds is 3. The number of carbonyl (C=O) groups excluding carboxylic acids is 3. The fourth-order valence-electron chi connectivity index (χ4n) is 1.10. The van der Waals surface area contributed by atoms with Crippen LogP contribution < -0.4 is 0 Å². The minimum atomic E-state index is -0.753. The highest BCUT2D eigenvalue weighted by molar-refractivity contribution is 8.15. The highest BCUT2D eigenvalue weighted by atomic mass is 32.2. The van der Waals surface area contributed by atoms with E-state index in [9.17, 15) is 19.5 Å². The largest absolute Gasteiger partial charge is 0.307 e.